The Morgan fingerprint density at radius 2 is 1.89 bits per heavy atom. The van der Waals surface area contributed by atoms with E-state index in [1.165, 1.54) is 12.1 Å². The van der Waals surface area contributed by atoms with Crippen molar-refractivity contribution in [1.82, 2.24) is 0 Å². The van der Waals surface area contributed by atoms with Gasteiger partial charge < -0.3 is 10.2 Å². The predicted molar refractivity (Wildman–Crippen MR) is 77.7 cm³/mol. The molecule has 2 N–H and O–H groups in total. The molecule has 0 aliphatic rings. The van der Waals surface area contributed by atoms with Crippen molar-refractivity contribution in [3.8, 4) is 0 Å². The predicted octanol–water partition coefficient (Wildman–Crippen LogP) is 4.35. The molecule has 0 saturated heterocycles. The van der Waals surface area contributed by atoms with E-state index in [9.17, 15) is 4.39 Å². The van der Waals surface area contributed by atoms with Crippen LogP contribution in [0.15, 0.2) is 27.1 Å². The first kappa shape index (κ1) is 14.3. The second-order valence-corrected chi connectivity index (χ2v) is 5.76. The van der Waals surface area contributed by atoms with Crippen molar-refractivity contribution in [3.05, 3.63) is 56.7 Å². The van der Waals surface area contributed by atoms with Gasteiger partial charge in [0.15, 0.2) is 0 Å². The highest BCUT2D eigenvalue weighted by molar-refractivity contribution is 9.10. The molecule has 1 heterocycles. The zero-order valence-electron chi connectivity index (χ0n) is 11.3. The fourth-order valence-electron chi connectivity index (χ4n) is 2.44. The normalized spacial score (nSPS) is 12.7. The highest BCUT2D eigenvalue weighted by atomic mass is 79.9. The van der Waals surface area contributed by atoms with Crippen molar-refractivity contribution in [1.29, 1.82) is 0 Å². The molecule has 1 unspecified atom stereocenters. The third kappa shape index (κ3) is 3.07. The first-order chi connectivity index (χ1) is 8.88. The van der Waals surface area contributed by atoms with Crippen LogP contribution in [0, 0.1) is 26.6 Å². The number of aryl methyl sites for hydroxylation is 2. The van der Waals surface area contributed by atoms with Gasteiger partial charge in [-0.05, 0) is 56.5 Å². The van der Waals surface area contributed by atoms with E-state index in [0.29, 0.717) is 6.42 Å². The molecule has 0 saturated carbocycles. The molecule has 102 valence electrons. The standard InChI is InChI=1S/C15H17BrFNO/c1-8-9(2)19-10(3)15(8)14(18)6-11-4-12(16)7-13(17)5-11/h4-5,7,14H,6,18H2,1-3H3. The molecule has 0 spiro atoms. The van der Waals surface area contributed by atoms with Gasteiger partial charge in [0.1, 0.15) is 17.3 Å². The minimum Gasteiger partial charge on any atom is -0.466 e. The minimum atomic E-state index is -0.256. The van der Waals surface area contributed by atoms with Gasteiger partial charge in [0.05, 0.1) is 0 Å². The maximum Gasteiger partial charge on any atom is 0.124 e. The van der Waals surface area contributed by atoms with Gasteiger partial charge >= 0.3 is 0 Å². The summed E-state index contributed by atoms with van der Waals surface area (Å²) >= 11 is 3.29. The van der Waals surface area contributed by atoms with Crippen LogP contribution in [0.2, 0.25) is 0 Å². The topological polar surface area (TPSA) is 39.2 Å². The summed E-state index contributed by atoms with van der Waals surface area (Å²) in [5, 5.41) is 0. The van der Waals surface area contributed by atoms with Gasteiger partial charge in [-0.15, -0.1) is 0 Å². The van der Waals surface area contributed by atoms with Gasteiger partial charge in [-0.1, -0.05) is 15.9 Å². The molecule has 2 nitrogen and oxygen atoms in total. The highest BCUT2D eigenvalue weighted by Gasteiger charge is 2.18. The molecule has 0 fully saturated rings. The number of halogens is 2. The van der Waals surface area contributed by atoms with E-state index in [1.54, 1.807) is 0 Å². The molecule has 0 amide bonds. The molecule has 0 radical (unpaired) electrons. The van der Waals surface area contributed by atoms with Crippen LogP contribution in [-0.4, -0.2) is 0 Å². The van der Waals surface area contributed by atoms with Crippen LogP contribution in [-0.2, 0) is 6.42 Å². The Kier molecular flexibility index (Phi) is 4.11. The van der Waals surface area contributed by atoms with E-state index in [0.717, 1.165) is 32.7 Å². The lowest BCUT2D eigenvalue weighted by molar-refractivity contribution is 0.496. The average molecular weight is 326 g/mol. The van der Waals surface area contributed by atoms with E-state index in [4.69, 9.17) is 10.2 Å². The second-order valence-electron chi connectivity index (χ2n) is 4.84. The average Bonchev–Trinajstić information content (AvgIpc) is 2.51. The summed E-state index contributed by atoms with van der Waals surface area (Å²) in [7, 11) is 0. The smallest absolute Gasteiger partial charge is 0.124 e. The lowest BCUT2D eigenvalue weighted by atomic mass is 9.96. The van der Waals surface area contributed by atoms with Crippen molar-refractivity contribution in [2.45, 2.75) is 33.2 Å². The van der Waals surface area contributed by atoms with Crippen molar-refractivity contribution in [2.24, 2.45) is 5.73 Å². The summed E-state index contributed by atoms with van der Waals surface area (Å²) in [6.07, 6.45) is 0.580. The Hall–Kier alpha value is -1.13. The largest absolute Gasteiger partial charge is 0.466 e. The van der Waals surface area contributed by atoms with Gasteiger partial charge in [-0.2, -0.15) is 0 Å². The van der Waals surface area contributed by atoms with E-state index in [-0.39, 0.29) is 11.9 Å². The van der Waals surface area contributed by atoms with Crippen LogP contribution in [0.3, 0.4) is 0 Å². The van der Waals surface area contributed by atoms with Crippen LogP contribution >= 0.6 is 15.9 Å². The highest BCUT2D eigenvalue weighted by Crippen LogP contribution is 2.28. The SMILES string of the molecule is Cc1oc(C)c(C(N)Cc2cc(F)cc(Br)c2)c1C. The Labute approximate surface area is 120 Å². The van der Waals surface area contributed by atoms with E-state index < -0.39 is 0 Å². The Bertz CT molecular complexity index is 586. The fourth-order valence-corrected chi connectivity index (χ4v) is 2.95. The van der Waals surface area contributed by atoms with E-state index in [2.05, 4.69) is 15.9 Å². The molecule has 4 heteroatoms. The van der Waals surface area contributed by atoms with Crippen molar-refractivity contribution in [2.75, 3.05) is 0 Å². The number of hydrogen-bond donors (Lipinski definition) is 1. The Morgan fingerprint density at radius 3 is 2.42 bits per heavy atom. The van der Waals surface area contributed by atoms with Gasteiger partial charge in [-0.25, -0.2) is 4.39 Å². The van der Waals surface area contributed by atoms with E-state index in [1.807, 2.05) is 26.8 Å². The zero-order chi connectivity index (χ0) is 14.2. The molecule has 2 aromatic rings. The number of hydrogen-bond acceptors (Lipinski definition) is 2. The molecule has 2 rings (SSSR count). The van der Waals surface area contributed by atoms with Crippen LogP contribution in [0.1, 0.15) is 34.3 Å². The summed E-state index contributed by atoms with van der Waals surface area (Å²) in [4.78, 5) is 0. The number of rotatable bonds is 3. The zero-order valence-corrected chi connectivity index (χ0v) is 12.8. The van der Waals surface area contributed by atoms with Gasteiger partial charge in [0.25, 0.3) is 0 Å². The second kappa shape index (κ2) is 5.47. The van der Waals surface area contributed by atoms with Crippen molar-refractivity contribution in [3.63, 3.8) is 0 Å². The van der Waals surface area contributed by atoms with Crippen molar-refractivity contribution >= 4 is 15.9 Å². The molecular weight excluding hydrogens is 309 g/mol. The molecule has 1 aromatic carbocycles. The number of furan rings is 1. The van der Waals surface area contributed by atoms with Gasteiger partial charge in [-0.3, -0.25) is 0 Å². The third-order valence-electron chi connectivity index (χ3n) is 3.37. The third-order valence-corrected chi connectivity index (χ3v) is 3.82. The van der Waals surface area contributed by atoms with Gasteiger partial charge in [0.2, 0.25) is 0 Å². The Balaban J connectivity index is 2.27. The maximum atomic E-state index is 13.4. The monoisotopic (exact) mass is 325 g/mol. The molecule has 0 aliphatic heterocycles. The van der Waals surface area contributed by atoms with Gasteiger partial charge in [0, 0.05) is 16.1 Å². The quantitative estimate of drug-likeness (QED) is 0.911. The summed E-state index contributed by atoms with van der Waals surface area (Å²) < 4.78 is 19.7. The maximum absolute atomic E-state index is 13.4. The summed E-state index contributed by atoms with van der Waals surface area (Å²) in [5.74, 6) is 1.48. The lowest BCUT2D eigenvalue weighted by Crippen LogP contribution is -2.15. The molecule has 1 aromatic heterocycles. The summed E-state index contributed by atoms with van der Waals surface area (Å²) in [6.45, 7) is 5.84. The molecular formula is C15H17BrFNO. The number of nitrogens with two attached hydrogens (primary N) is 1. The molecule has 19 heavy (non-hydrogen) atoms. The van der Waals surface area contributed by atoms with Crippen molar-refractivity contribution < 1.29 is 8.81 Å². The molecule has 1 atom stereocenters. The van der Waals surface area contributed by atoms with Crippen LogP contribution in [0.4, 0.5) is 4.39 Å². The van der Waals surface area contributed by atoms with Crippen LogP contribution in [0.25, 0.3) is 0 Å². The molecule has 0 aliphatic carbocycles. The number of benzene rings is 1. The summed E-state index contributed by atoms with van der Waals surface area (Å²) in [5.41, 5.74) is 9.23. The molecule has 0 bridgehead atoms. The first-order valence-electron chi connectivity index (χ1n) is 6.15. The van der Waals surface area contributed by atoms with Crippen LogP contribution < -0.4 is 5.73 Å². The van der Waals surface area contributed by atoms with E-state index >= 15 is 0 Å². The minimum absolute atomic E-state index is 0.189. The van der Waals surface area contributed by atoms with Crippen LogP contribution in [0.5, 0.6) is 0 Å². The fraction of sp³-hybridized carbons (Fsp3) is 0.333. The first-order valence-corrected chi connectivity index (χ1v) is 6.95. The lowest BCUT2D eigenvalue weighted by Gasteiger charge is -2.13. The summed E-state index contributed by atoms with van der Waals surface area (Å²) in [6, 6.07) is 4.65. The Morgan fingerprint density at radius 1 is 1.21 bits per heavy atom.